The van der Waals surface area contributed by atoms with Crippen LogP contribution in [0.3, 0.4) is 0 Å². The van der Waals surface area contributed by atoms with Gasteiger partial charge in [0.1, 0.15) is 17.1 Å². The summed E-state index contributed by atoms with van der Waals surface area (Å²) in [6, 6.07) is 7.57. The Balaban J connectivity index is 2.47. The van der Waals surface area contributed by atoms with Crippen molar-refractivity contribution in [3.63, 3.8) is 0 Å². The van der Waals surface area contributed by atoms with Gasteiger partial charge in [-0.2, -0.15) is 0 Å². The van der Waals surface area contributed by atoms with Gasteiger partial charge in [-0.15, -0.1) is 0 Å². The van der Waals surface area contributed by atoms with Crippen LogP contribution in [0.15, 0.2) is 24.3 Å². The van der Waals surface area contributed by atoms with Crippen molar-refractivity contribution in [2.45, 2.75) is 112 Å². The van der Waals surface area contributed by atoms with Crippen molar-refractivity contribution in [2.24, 2.45) is 0 Å². The standard InChI is InChI=1S/C36H56O7/c1-7-12-21-39-29-26-28(35(33(27-29)38-6)42-24-15-10-4)17-18-30(37)34-31(40-22-13-8-2)19-20-32(41-23-14-9-3)36(34)43-25-16-11-5/h19-20,26-27H,7-18,21-25H2,1-6H3. The fourth-order valence-electron chi connectivity index (χ4n) is 4.40. The third kappa shape index (κ3) is 12.2. The van der Waals surface area contributed by atoms with E-state index in [9.17, 15) is 4.79 Å². The SMILES string of the molecule is CCCCOc1cc(CCC(=O)c2c(OCCCC)ccc(OCCCC)c2OCCCC)c(OCCCC)c(OC)c1. The highest BCUT2D eigenvalue weighted by Crippen LogP contribution is 2.41. The summed E-state index contributed by atoms with van der Waals surface area (Å²) in [7, 11) is 1.64. The summed E-state index contributed by atoms with van der Waals surface area (Å²) in [6.45, 7) is 13.4. The van der Waals surface area contributed by atoms with Crippen LogP contribution in [0.1, 0.15) is 121 Å². The number of benzene rings is 2. The van der Waals surface area contributed by atoms with E-state index in [1.54, 1.807) is 7.11 Å². The Kier molecular flexibility index (Phi) is 18.1. The van der Waals surface area contributed by atoms with Crippen molar-refractivity contribution in [2.75, 3.05) is 40.1 Å². The Labute approximate surface area is 260 Å². The molecule has 0 N–H and O–H groups in total. The van der Waals surface area contributed by atoms with E-state index in [0.717, 1.165) is 69.8 Å². The van der Waals surface area contributed by atoms with Gasteiger partial charge in [0.2, 0.25) is 0 Å². The first kappa shape index (κ1) is 36.1. The van der Waals surface area contributed by atoms with Gasteiger partial charge in [0.15, 0.2) is 28.8 Å². The van der Waals surface area contributed by atoms with E-state index in [-0.39, 0.29) is 12.2 Å². The topological polar surface area (TPSA) is 72.5 Å². The molecular formula is C36H56O7. The third-order valence-corrected chi connectivity index (χ3v) is 7.07. The van der Waals surface area contributed by atoms with Crippen LogP contribution in [0.4, 0.5) is 0 Å². The number of hydrogen-bond donors (Lipinski definition) is 0. The fraction of sp³-hybridized carbons (Fsp3) is 0.639. The number of carbonyl (C=O) groups is 1. The zero-order valence-electron chi connectivity index (χ0n) is 27.7. The second-order valence-corrected chi connectivity index (χ2v) is 10.8. The Morgan fingerprint density at radius 1 is 0.581 bits per heavy atom. The lowest BCUT2D eigenvalue weighted by Crippen LogP contribution is -2.12. The summed E-state index contributed by atoms with van der Waals surface area (Å²) in [5, 5.41) is 0. The van der Waals surface area contributed by atoms with E-state index < -0.39 is 0 Å². The Hall–Kier alpha value is -3.09. The Bertz CT molecular complexity index is 1070. The molecule has 2 aromatic carbocycles. The molecule has 0 spiro atoms. The first-order chi connectivity index (χ1) is 21.0. The van der Waals surface area contributed by atoms with Gasteiger partial charge >= 0.3 is 0 Å². The highest BCUT2D eigenvalue weighted by Gasteiger charge is 2.25. The van der Waals surface area contributed by atoms with Crippen LogP contribution >= 0.6 is 0 Å². The minimum absolute atomic E-state index is 0.0604. The first-order valence-corrected chi connectivity index (χ1v) is 16.6. The van der Waals surface area contributed by atoms with Gasteiger partial charge in [0, 0.05) is 18.1 Å². The van der Waals surface area contributed by atoms with Crippen molar-refractivity contribution in [1.82, 2.24) is 0 Å². The third-order valence-electron chi connectivity index (χ3n) is 7.07. The first-order valence-electron chi connectivity index (χ1n) is 16.6. The number of ether oxygens (including phenoxy) is 6. The maximum Gasteiger partial charge on any atom is 0.175 e. The average Bonchev–Trinajstić information content (AvgIpc) is 3.01. The number of ketones is 1. The van der Waals surface area contributed by atoms with Crippen molar-refractivity contribution in [3.05, 3.63) is 35.4 Å². The molecule has 0 bridgehead atoms. The second-order valence-electron chi connectivity index (χ2n) is 10.8. The second kappa shape index (κ2) is 21.6. The molecule has 0 atom stereocenters. The number of hydrogen-bond acceptors (Lipinski definition) is 7. The van der Waals surface area contributed by atoms with E-state index >= 15 is 0 Å². The summed E-state index contributed by atoms with van der Waals surface area (Å²) in [5.41, 5.74) is 1.34. The molecule has 7 heteroatoms. The molecule has 0 aliphatic rings. The summed E-state index contributed by atoms with van der Waals surface area (Å²) >= 11 is 0. The Morgan fingerprint density at radius 2 is 1.07 bits per heavy atom. The van der Waals surface area contributed by atoms with Crippen LogP contribution in [0.25, 0.3) is 0 Å². The molecule has 43 heavy (non-hydrogen) atoms. The molecule has 0 unspecified atom stereocenters. The maximum absolute atomic E-state index is 14.1. The summed E-state index contributed by atoms with van der Waals surface area (Å²) in [4.78, 5) is 14.1. The van der Waals surface area contributed by atoms with Crippen molar-refractivity contribution >= 4 is 5.78 Å². The lowest BCUT2D eigenvalue weighted by Gasteiger charge is -2.20. The zero-order chi connectivity index (χ0) is 31.3. The van der Waals surface area contributed by atoms with Gasteiger partial charge in [0.05, 0.1) is 40.1 Å². The molecule has 0 fully saturated rings. The van der Waals surface area contributed by atoms with Crippen LogP contribution in [-0.4, -0.2) is 45.9 Å². The van der Waals surface area contributed by atoms with Gasteiger partial charge in [-0.3, -0.25) is 4.79 Å². The van der Waals surface area contributed by atoms with E-state index in [0.29, 0.717) is 79.5 Å². The quantitative estimate of drug-likeness (QED) is 0.0830. The van der Waals surface area contributed by atoms with E-state index in [1.807, 2.05) is 24.3 Å². The number of aryl methyl sites for hydroxylation is 1. The monoisotopic (exact) mass is 600 g/mol. The van der Waals surface area contributed by atoms with Crippen LogP contribution in [0.5, 0.6) is 34.5 Å². The minimum atomic E-state index is -0.0604. The highest BCUT2D eigenvalue weighted by atomic mass is 16.5. The Morgan fingerprint density at radius 3 is 1.63 bits per heavy atom. The molecule has 0 aromatic heterocycles. The van der Waals surface area contributed by atoms with Crippen LogP contribution in [0.2, 0.25) is 0 Å². The number of Topliss-reactive ketones (excluding diaryl/α,β-unsaturated/α-hetero) is 1. The van der Waals surface area contributed by atoms with Gasteiger partial charge in [-0.05, 0) is 56.7 Å². The molecule has 0 radical (unpaired) electrons. The molecule has 0 heterocycles. The van der Waals surface area contributed by atoms with E-state index in [2.05, 4.69) is 34.6 Å². The largest absolute Gasteiger partial charge is 0.493 e. The van der Waals surface area contributed by atoms with Gasteiger partial charge in [-0.1, -0.05) is 66.7 Å². The number of unbranched alkanes of at least 4 members (excludes halogenated alkanes) is 5. The average molecular weight is 601 g/mol. The van der Waals surface area contributed by atoms with Crippen LogP contribution in [0, 0.1) is 0 Å². The molecule has 0 aliphatic heterocycles. The lowest BCUT2D eigenvalue weighted by atomic mass is 9.99. The normalized spacial score (nSPS) is 10.8. The molecular weight excluding hydrogens is 544 g/mol. The summed E-state index contributed by atoms with van der Waals surface area (Å²) in [5.74, 6) is 3.56. The molecule has 2 rings (SSSR count). The molecule has 2 aromatic rings. The summed E-state index contributed by atoms with van der Waals surface area (Å²) in [6.07, 6.45) is 10.3. The number of methoxy groups -OCH3 is 1. The van der Waals surface area contributed by atoms with Crippen molar-refractivity contribution in [3.8, 4) is 34.5 Å². The maximum atomic E-state index is 14.1. The van der Waals surface area contributed by atoms with E-state index in [4.69, 9.17) is 28.4 Å². The number of rotatable bonds is 25. The molecule has 0 aliphatic carbocycles. The predicted octanol–water partition coefficient (Wildman–Crippen LogP) is 9.41. The molecule has 7 nitrogen and oxygen atoms in total. The minimum Gasteiger partial charge on any atom is -0.493 e. The van der Waals surface area contributed by atoms with E-state index in [1.165, 1.54) is 0 Å². The van der Waals surface area contributed by atoms with Crippen LogP contribution in [-0.2, 0) is 6.42 Å². The molecule has 0 saturated carbocycles. The predicted molar refractivity (Wildman–Crippen MR) is 174 cm³/mol. The van der Waals surface area contributed by atoms with Crippen LogP contribution < -0.4 is 28.4 Å². The molecule has 0 saturated heterocycles. The zero-order valence-corrected chi connectivity index (χ0v) is 27.7. The molecule has 0 amide bonds. The van der Waals surface area contributed by atoms with Gasteiger partial charge in [-0.25, -0.2) is 0 Å². The highest BCUT2D eigenvalue weighted by molar-refractivity contribution is 6.02. The fourth-order valence-corrected chi connectivity index (χ4v) is 4.40. The lowest BCUT2D eigenvalue weighted by molar-refractivity contribution is 0.0972. The molecule has 242 valence electrons. The van der Waals surface area contributed by atoms with Crippen molar-refractivity contribution in [1.29, 1.82) is 0 Å². The van der Waals surface area contributed by atoms with Gasteiger partial charge in [0.25, 0.3) is 0 Å². The number of carbonyl (C=O) groups excluding carboxylic acids is 1. The van der Waals surface area contributed by atoms with Crippen molar-refractivity contribution < 1.29 is 33.2 Å². The summed E-state index contributed by atoms with van der Waals surface area (Å²) < 4.78 is 36.5. The van der Waals surface area contributed by atoms with Gasteiger partial charge < -0.3 is 28.4 Å². The smallest absolute Gasteiger partial charge is 0.175 e.